The Labute approximate surface area is 89.3 Å². The Morgan fingerprint density at radius 1 is 1.00 bits per heavy atom. The van der Waals surface area contributed by atoms with Gasteiger partial charge >= 0.3 is 0 Å². The van der Waals surface area contributed by atoms with Gasteiger partial charge < -0.3 is 14.8 Å². The monoisotopic (exact) mass is 210 g/mol. The molecule has 1 saturated carbocycles. The van der Waals surface area contributed by atoms with Crippen LogP contribution in [0.3, 0.4) is 0 Å². The van der Waals surface area contributed by atoms with Crippen LogP contribution in [-0.4, -0.2) is 29.9 Å². The summed E-state index contributed by atoms with van der Waals surface area (Å²) in [5.41, 5.74) is 0. The molecule has 1 saturated heterocycles. The number of nitrogens with zero attached hydrogens (tertiary/aromatic N) is 1. The second kappa shape index (κ2) is 4.21. The Morgan fingerprint density at radius 2 is 1.60 bits per heavy atom. The largest absolute Gasteiger partial charge is 0.550 e. The average molecular weight is 210 g/mol. The number of carboxylic acid groups (broad SMARTS) is 1. The average Bonchev–Trinajstić information content (AvgIpc) is 2.15. The molecule has 0 aromatic heterocycles. The molecule has 0 spiro atoms. The van der Waals surface area contributed by atoms with Crippen molar-refractivity contribution in [3.8, 4) is 0 Å². The van der Waals surface area contributed by atoms with Crippen molar-refractivity contribution in [2.75, 3.05) is 13.1 Å². The Kier molecular flexibility index (Phi) is 2.93. The summed E-state index contributed by atoms with van der Waals surface area (Å²) in [6.07, 6.45) is 4.30. The second-order valence-electron chi connectivity index (χ2n) is 4.55. The maximum atomic E-state index is 11.8. The normalized spacial score (nSPS) is 23.6. The van der Waals surface area contributed by atoms with E-state index in [1.807, 2.05) is 4.90 Å². The summed E-state index contributed by atoms with van der Waals surface area (Å²) in [4.78, 5) is 24.3. The number of amides is 1. The van der Waals surface area contributed by atoms with E-state index in [4.69, 9.17) is 0 Å². The van der Waals surface area contributed by atoms with Crippen LogP contribution in [0.2, 0.25) is 0 Å². The third-order valence-electron chi connectivity index (χ3n) is 3.59. The Bertz CT molecular complexity index is 265. The van der Waals surface area contributed by atoms with E-state index in [0.717, 1.165) is 19.3 Å². The fraction of sp³-hybridized carbons (Fsp3) is 0.818. The Morgan fingerprint density at radius 3 is 2.00 bits per heavy atom. The molecule has 1 aliphatic heterocycles. The van der Waals surface area contributed by atoms with E-state index in [1.165, 1.54) is 0 Å². The zero-order valence-corrected chi connectivity index (χ0v) is 8.78. The van der Waals surface area contributed by atoms with Crippen molar-refractivity contribution >= 4 is 11.9 Å². The van der Waals surface area contributed by atoms with Gasteiger partial charge in [0.15, 0.2) is 0 Å². The number of carbonyl (C=O) groups is 2. The molecule has 1 aliphatic carbocycles. The first-order chi connectivity index (χ1) is 7.18. The minimum Gasteiger partial charge on any atom is -0.550 e. The zero-order chi connectivity index (χ0) is 10.8. The molecule has 84 valence electrons. The number of carboxylic acids is 1. The van der Waals surface area contributed by atoms with Crippen LogP contribution in [0.4, 0.5) is 0 Å². The van der Waals surface area contributed by atoms with Gasteiger partial charge in [0.2, 0.25) is 5.91 Å². The molecule has 0 aromatic rings. The Hall–Kier alpha value is -1.06. The molecule has 4 nitrogen and oxygen atoms in total. The summed E-state index contributed by atoms with van der Waals surface area (Å²) in [5.74, 6) is -0.858. The maximum absolute atomic E-state index is 11.8. The van der Waals surface area contributed by atoms with E-state index in [1.54, 1.807) is 0 Å². The van der Waals surface area contributed by atoms with Gasteiger partial charge in [-0.2, -0.15) is 0 Å². The molecule has 2 fully saturated rings. The number of piperidine rings is 1. The summed E-state index contributed by atoms with van der Waals surface area (Å²) in [6, 6.07) is 0. The number of carbonyl (C=O) groups excluding carboxylic acids is 2. The van der Waals surface area contributed by atoms with Crippen molar-refractivity contribution in [3.63, 3.8) is 0 Å². The van der Waals surface area contributed by atoms with Crippen molar-refractivity contribution in [1.29, 1.82) is 0 Å². The highest BCUT2D eigenvalue weighted by atomic mass is 16.4. The van der Waals surface area contributed by atoms with Crippen LogP contribution in [0.15, 0.2) is 0 Å². The van der Waals surface area contributed by atoms with E-state index in [0.29, 0.717) is 25.9 Å². The standard InChI is InChI=1S/C11H17NO3/c13-10(8-2-1-3-8)12-6-4-9(5-7-12)11(14)15/h8-9H,1-7H2,(H,14,15)/p-1. The van der Waals surface area contributed by atoms with Crippen LogP contribution in [0.25, 0.3) is 0 Å². The predicted molar refractivity (Wildman–Crippen MR) is 51.7 cm³/mol. The molecular weight excluding hydrogens is 194 g/mol. The first-order valence-electron chi connectivity index (χ1n) is 5.68. The van der Waals surface area contributed by atoms with Crippen LogP contribution in [0.5, 0.6) is 0 Å². The molecule has 1 amide bonds. The highest BCUT2D eigenvalue weighted by molar-refractivity contribution is 5.80. The van der Waals surface area contributed by atoms with Crippen molar-refractivity contribution in [3.05, 3.63) is 0 Å². The van der Waals surface area contributed by atoms with Gasteiger partial charge in [0, 0.05) is 30.9 Å². The van der Waals surface area contributed by atoms with Gasteiger partial charge in [-0.15, -0.1) is 0 Å². The van der Waals surface area contributed by atoms with Crippen molar-refractivity contribution in [1.82, 2.24) is 4.90 Å². The lowest BCUT2D eigenvalue weighted by Crippen LogP contribution is -2.46. The van der Waals surface area contributed by atoms with Crippen molar-refractivity contribution in [2.24, 2.45) is 11.8 Å². The van der Waals surface area contributed by atoms with Gasteiger partial charge in [0.25, 0.3) is 0 Å². The molecular formula is C11H16NO3-. The molecule has 1 heterocycles. The highest BCUT2D eigenvalue weighted by Crippen LogP contribution is 2.29. The highest BCUT2D eigenvalue weighted by Gasteiger charge is 2.31. The van der Waals surface area contributed by atoms with Crippen LogP contribution < -0.4 is 5.11 Å². The molecule has 0 unspecified atom stereocenters. The smallest absolute Gasteiger partial charge is 0.225 e. The first kappa shape index (κ1) is 10.5. The first-order valence-corrected chi connectivity index (χ1v) is 5.68. The fourth-order valence-corrected chi connectivity index (χ4v) is 2.25. The molecule has 0 radical (unpaired) electrons. The molecule has 15 heavy (non-hydrogen) atoms. The summed E-state index contributed by atoms with van der Waals surface area (Å²) in [6.45, 7) is 1.18. The Balaban J connectivity index is 1.82. The van der Waals surface area contributed by atoms with E-state index < -0.39 is 5.97 Å². The minimum atomic E-state index is -0.967. The SMILES string of the molecule is O=C([O-])C1CCN(C(=O)C2CCC2)CC1. The van der Waals surface area contributed by atoms with Gasteiger partial charge in [-0.1, -0.05) is 6.42 Å². The molecule has 0 N–H and O–H groups in total. The lowest BCUT2D eigenvalue weighted by Gasteiger charge is -2.36. The van der Waals surface area contributed by atoms with Gasteiger partial charge in [-0.25, -0.2) is 0 Å². The van der Waals surface area contributed by atoms with E-state index >= 15 is 0 Å². The summed E-state index contributed by atoms with van der Waals surface area (Å²) in [7, 11) is 0. The molecule has 2 aliphatic rings. The molecule has 0 atom stereocenters. The zero-order valence-electron chi connectivity index (χ0n) is 8.78. The summed E-state index contributed by atoms with van der Waals surface area (Å²) < 4.78 is 0. The maximum Gasteiger partial charge on any atom is 0.225 e. The van der Waals surface area contributed by atoms with Gasteiger partial charge in [0.1, 0.15) is 0 Å². The quantitative estimate of drug-likeness (QED) is 0.632. The number of rotatable bonds is 2. The molecule has 0 bridgehead atoms. The summed E-state index contributed by atoms with van der Waals surface area (Å²) >= 11 is 0. The molecule has 2 rings (SSSR count). The van der Waals surface area contributed by atoms with Gasteiger partial charge in [-0.05, 0) is 25.7 Å². The third-order valence-corrected chi connectivity index (χ3v) is 3.59. The van der Waals surface area contributed by atoms with Gasteiger partial charge in [0.05, 0.1) is 0 Å². The van der Waals surface area contributed by atoms with Crippen molar-refractivity contribution in [2.45, 2.75) is 32.1 Å². The fourth-order valence-electron chi connectivity index (χ4n) is 2.25. The van der Waals surface area contributed by atoms with Crippen LogP contribution in [0, 0.1) is 11.8 Å². The second-order valence-corrected chi connectivity index (χ2v) is 4.55. The van der Waals surface area contributed by atoms with Crippen LogP contribution in [0.1, 0.15) is 32.1 Å². The van der Waals surface area contributed by atoms with Crippen LogP contribution >= 0.6 is 0 Å². The topological polar surface area (TPSA) is 60.4 Å². The number of hydrogen-bond donors (Lipinski definition) is 0. The number of aliphatic carboxylic acids is 1. The van der Waals surface area contributed by atoms with Crippen molar-refractivity contribution < 1.29 is 14.7 Å². The predicted octanol–water partition coefficient (Wildman–Crippen LogP) is -0.225. The number of hydrogen-bond acceptors (Lipinski definition) is 3. The van der Waals surface area contributed by atoms with E-state index in [2.05, 4.69) is 0 Å². The lowest BCUT2D eigenvalue weighted by atomic mass is 9.83. The van der Waals surface area contributed by atoms with Gasteiger partial charge in [-0.3, -0.25) is 4.79 Å². The molecule has 0 aromatic carbocycles. The lowest BCUT2D eigenvalue weighted by molar-refractivity contribution is -0.312. The molecule has 4 heteroatoms. The van der Waals surface area contributed by atoms with E-state index in [9.17, 15) is 14.7 Å². The number of likely N-dealkylation sites (tertiary alicyclic amines) is 1. The van der Waals surface area contributed by atoms with Crippen LogP contribution in [-0.2, 0) is 9.59 Å². The third kappa shape index (κ3) is 2.13. The van der Waals surface area contributed by atoms with E-state index in [-0.39, 0.29) is 17.7 Å². The minimum absolute atomic E-state index is 0.226. The summed E-state index contributed by atoms with van der Waals surface area (Å²) in [5, 5.41) is 10.6.